The number of carbonyl (C=O) groups is 1. The quantitative estimate of drug-likeness (QED) is 0.751. The van der Waals surface area contributed by atoms with Crippen molar-refractivity contribution in [2.24, 2.45) is 5.73 Å². The van der Waals surface area contributed by atoms with Gasteiger partial charge in [-0.2, -0.15) is 0 Å². The SMILES string of the molecule is NCc1ccc(C(=O)NCCOC2CCCC2)o1. The van der Waals surface area contributed by atoms with Crippen molar-refractivity contribution in [1.82, 2.24) is 5.32 Å². The van der Waals surface area contributed by atoms with E-state index in [0.29, 0.717) is 37.3 Å². The van der Waals surface area contributed by atoms with Gasteiger partial charge >= 0.3 is 0 Å². The van der Waals surface area contributed by atoms with Gasteiger partial charge in [0.1, 0.15) is 5.76 Å². The summed E-state index contributed by atoms with van der Waals surface area (Å²) in [5, 5.41) is 2.76. The summed E-state index contributed by atoms with van der Waals surface area (Å²) in [7, 11) is 0. The van der Waals surface area contributed by atoms with Gasteiger partial charge in [0, 0.05) is 6.54 Å². The monoisotopic (exact) mass is 252 g/mol. The minimum absolute atomic E-state index is 0.218. The second kappa shape index (κ2) is 6.56. The lowest BCUT2D eigenvalue weighted by Gasteiger charge is -2.10. The molecule has 5 heteroatoms. The first kappa shape index (κ1) is 13.1. The van der Waals surface area contributed by atoms with Crippen LogP contribution < -0.4 is 11.1 Å². The molecule has 0 aliphatic heterocycles. The van der Waals surface area contributed by atoms with Crippen LogP contribution in [0.15, 0.2) is 16.5 Å². The van der Waals surface area contributed by atoms with Crippen molar-refractivity contribution in [3.8, 4) is 0 Å². The fourth-order valence-electron chi connectivity index (χ4n) is 2.14. The van der Waals surface area contributed by atoms with E-state index >= 15 is 0 Å². The third kappa shape index (κ3) is 3.58. The maximum absolute atomic E-state index is 11.7. The molecule has 1 saturated carbocycles. The van der Waals surface area contributed by atoms with Crippen molar-refractivity contribution in [3.63, 3.8) is 0 Å². The molecule has 1 aliphatic rings. The average molecular weight is 252 g/mol. The number of hydrogen-bond acceptors (Lipinski definition) is 4. The molecule has 0 saturated heterocycles. The predicted molar refractivity (Wildman–Crippen MR) is 67.1 cm³/mol. The molecule has 100 valence electrons. The van der Waals surface area contributed by atoms with Crippen molar-refractivity contribution in [3.05, 3.63) is 23.7 Å². The lowest BCUT2D eigenvalue weighted by atomic mass is 10.3. The summed E-state index contributed by atoms with van der Waals surface area (Å²) in [6.45, 7) is 1.37. The molecule has 0 unspecified atom stereocenters. The Balaban J connectivity index is 1.65. The van der Waals surface area contributed by atoms with E-state index in [9.17, 15) is 4.79 Å². The van der Waals surface area contributed by atoms with Gasteiger partial charge in [0.15, 0.2) is 5.76 Å². The Labute approximate surface area is 107 Å². The topological polar surface area (TPSA) is 77.5 Å². The van der Waals surface area contributed by atoms with Crippen LogP contribution in [-0.4, -0.2) is 25.2 Å². The number of ether oxygens (including phenoxy) is 1. The van der Waals surface area contributed by atoms with Gasteiger partial charge in [-0.3, -0.25) is 4.79 Å². The van der Waals surface area contributed by atoms with Crippen molar-refractivity contribution >= 4 is 5.91 Å². The van der Waals surface area contributed by atoms with Crippen molar-refractivity contribution in [2.45, 2.75) is 38.3 Å². The van der Waals surface area contributed by atoms with E-state index in [1.54, 1.807) is 12.1 Å². The fraction of sp³-hybridized carbons (Fsp3) is 0.615. The standard InChI is InChI=1S/C13H20N2O3/c14-9-11-5-6-12(18-11)13(16)15-7-8-17-10-3-1-2-4-10/h5-6,10H,1-4,7-9,14H2,(H,15,16). The van der Waals surface area contributed by atoms with Crippen LogP contribution in [0.3, 0.4) is 0 Å². The molecular formula is C13H20N2O3. The van der Waals surface area contributed by atoms with E-state index in [-0.39, 0.29) is 5.91 Å². The average Bonchev–Trinajstić information content (AvgIpc) is 3.05. The number of hydrogen-bond donors (Lipinski definition) is 2. The zero-order valence-corrected chi connectivity index (χ0v) is 10.5. The third-order valence-electron chi connectivity index (χ3n) is 3.13. The van der Waals surface area contributed by atoms with Gasteiger partial charge < -0.3 is 20.2 Å². The molecular weight excluding hydrogens is 232 g/mol. The summed E-state index contributed by atoms with van der Waals surface area (Å²) >= 11 is 0. The second-order valence-electron chi connectivity index (χ2n) is 4.50. The normalized spacial score (nSPS) is 16.1. The molecule has 1 aromatic rings. The Morgan fingerprint density at radius 3 is 2.89 bits per heavy atom. The lowest BCUT2D eigenvalue weighted by molar-refractivity contribution is 0.0577. The van der Waals surface area contributed by atoms with Gasteiger partial charge in [0.25, 0.3) is 5.91 Å². The molecule has 1 aliphatic carbocycles. The molecule has 0 spiro atoms. The maximum Gasteiger partial charge on any atom is 0.287 e. The number of amides is 1. The molecule has 1 aromatic heterocycles. The minimum Gasteiger partial charge on any atom is -0.455 e. The molecule has 18 heavy (non-hydrogen) atoms. The smallest absolute Gasteiger partial charge is 0.287 e. The largest absolute Gasteiger partial charge is 0.455 e. The van der Waals surface area contributed by atoms with Crippen LogP contribution in [0.2, 0.25) is 0 Å². The van der Waals surface area contributed by atoms with Gasteiger partial charge in [0.2, 0.25) is 0 Å². The molecule has 3 N–H and O–H groups in total. The lowest BCUT2D eigenvalue weighted by Crippen LogP contribution is -2.28. The number of carbonyl (C=O) groups excluding carboxylic acids is 1. The molecule has 1 heterocycles. The van der Waals surface area contributed by atoms with Crippen LogP contribution in [0.1, 0.15) is 42.0 Å². The van der Waals surface area contributed by atoms with Crippen molar-refractivity contribution < 1.29 is 13.9 Å². The van der Waals surface area contributed by atoms with Gasteiger partial charge in [-0.15, -0.1) is 0 Å². The van der Waals surface area contributed by atoms with Crippen LogP contribution in [0.25, 0.3) is 0 Å². The Bertz CT molecular complexity index is 383. The zero-order valence-electron chi connectivity index (χ0n) is 10.5. The van der Waals surface area contributed by atoms with E-state index in [2.05, 4.69) is 5.32 Å². The van der Waals surface area contributed by atoms with E-state index < -0.39 is 0 Å². The molecule has 5 nitrogen and oxygen atoms in total. The minimum atomic E-state index is -0.218. The van der Waals surface area contributed by atoms with Gasteiger partial charge in [0.05, 0.1) is 19.3 Å². The van der Waals surface area contributed by atoms with Crippen molar-refractivity contribution in [2.75, 3.05) is 13.2 Å². The van der Waals surface area contributed by atoms with E-state index in [1.807, 2.05) is 0 Å². The molecule has 1 amide bonds. The second-order valence-corrected chi connectivity index (χ2v) is 4.50. The highest BCUT2D eigenvalue weighted by Gasteiger charge is 2.15. The van der Waals surface area contributed by atoms with Gasteiger partial charge in [-0.25, -0.2) is 0 Å². The summed E-state index contributed by atoms with van der Waals surface area (Å²) in [5.41, 5.74) is 5.41. The first-order valence-electron chi connectivity index (χ1n) is 6.48. The van der Waals surface area contributed by atoms with E-state index in [4.69, 9.17) is 14.9 Å². The van der Waals surface area contributed by atoms with Crippen LogP contribution in [0.5, 0.6) is 0 Å². The fourth-order valence-corrected chi connectivity index (χ4v) is 2.14. The maximum atomic E-state index is 11.7. The first-order chi connectivity index (χ1) is 8.79. The molecule has 0 radical (unpaired) electrons. The third-order valence-corrected chi connectivity index (χ3v) is 3.13. The summed E-state index contributed by atoms with van der Waals surface area (Å²) in [6, 6.07) is 3.35. The molecule has 0 atom stereocenters. The number of nitrogens with one attached hydrogen (secondary N) is 1. The number of furan rings is 1. The summed E-state index contributed by atoms with van der Waals surface area (Å²) < 4.78 is 10.9. The molecule has 0 bridgehead atoms. The number of rotatable bonds is 6. The van der Waals surface area contributed by atoms with E-state index in [1.165, 1.54) is 12.8 Å². The number of nitrogens with two attached hydrogens (primary N) is 1. The Kier molecular flexibility index (Phi) is 4.78. The summed E-state index contributed by atoms with van der Waals surface area (Å²) in [6.07, 6.45) is 5.18. The first-order valence-corrected chi connectivity index (χ1v) is 6.48. The predicted octanol–water partition coefficient (Wildman–Crippen LogP) is 1.43. The van der Waals surface area contributed by atoms with Gasteiger partial charge in [-0.1, -0.05) is 12.8 Å². The van der Waals surface area contributed by atoms with Gasteiger partial charge in [-0.05, 0) is 25.0 Å². The highest BCUT2D eigenvalue weighted by atomic mass is 16.5. The van der Waals surface area contributed by atoms with Crippen LogP contribution in [0, 0.1) is 0 Å². The Morgan fingerprint density at radius 1 is 1.44 bits per heavy atom. The van der Waals surface area contributed by atoms with Crippen molar-refractivity contribution in [1.29, 1.82) is 0 Å². The molecule has 0 aromatic carbocycles. The molecule has 2 rings (SSSR count). The van der Waals surface area contributed by atoms with Crippen LogP contribution >= 0.6 is 0 Å². The van der Waals surface area contributed by atoms with Crippen LogP contribution in [0.4, 0.5) is 0 Å². The highest BCUT2D eigenvalue weighted by molar-refractivity contribution is 5.91. The Hall–Kier alpha value is -1.33. The zero-order chi connectivity index (χ0) is 12.8. The highest BCUT2D eigenvalue weighted by Crippen LogP contribution is 2.20. The molecule has 1 fully saturated rings. The van der Waals surface area contributed by atoms with E-state index in [0.717, 1.165) is 12.8 Å². The summed E-state index contributed by atoms with van der Waals surface area (Å²) in [4.78, 5) is 11.7. The Morgan fingerprint density at radius 2 is 2.22 bits per heavy atom. The summed E-state index contributed by atoms with van der Waals surface area (Å²) in [5.74, 6) is 0.698. The van der Waals surface area contributed by atoms with Crippen LogP contribution in [-0.2, 0) is 11.3 Å².